The van der Waals surface area contributed by atoms with Gasteiger partial charge in [0.1, 0.15) is 0 Å². The molecule has 2 aliphatic rings. The number of rotatable bonds is 6. The summed E-state index contributed by atoms with van der Waals surface area (Å²) >= 11 is 0. The molecule has 0 amide bonds. The Morgan fingerprint density at radius 1 is 0.207 bits per heavy atom. The smallest absolute Gasteiger partial charge is 0.0468 e. The summed E-state index contributed by atoms with van der Waals surface area (Å²) in [6.07, 6.45) is 0. The van der Waals surface area contributed by atoms with Crippen molar-refractivity contribution >= 4 is 120 Å². The van der Waals surface area contributed by atoms with E-state index in [0.717, 1.165) is 34.1 Å². The van der Waals surface area contributed by atoms with Gasteiger partial charge in [0.15, 0.2) is 0 Å². The monoisotopic (exact) mass is 1040 g/mol. The van der Waals surface area contributed by atoms with Crippen LogP contribution < -0.4 is 9.80 Å². The molecule has 0 fully saturated rings. The number of benzene rings is 15. The van der Waals surface area contributed by atoms with Crippen LogP contribution in [0.1, 0.15) is 49.9 Å². The highest BCUT2D eigenvalue weighted by molar-refractivity contribution is 6.32. The molecule has 2 nitrogen and oxygen atoms in total. The van der Waals surface area contributed by atoms with E-state index < -0.39 is 0 Å². The fourth-order valence-electron chi connectivity index (χ4n) is 14.9. The van der Waals surface area contributed by atoms with Crippen LogP contribution in [-0.2, 0) is 10.8 Å². The maximum atomic E-state index is 2.49. The van der Waals surface area contributed by atoms with Gasteiger partial charge in [0, 0.05) is 45.0 Å². The lowest BCUT2D eigenvalue weighted by molar-refractivity contribution is 0.660. The van der Waals surface area contributed by atoms with Crippen LogP contribution in [0.25, 0.3) is 108 Å². The Morgan fingerprint density at radius 2 is 0.537 bits per heavy atom. The number of fused-ring (bicyclic) bond motifs is 20. The van der Waals surface area contributed by atoms with Crippen molar-refractivity contribution in [3.05, 3.63) is 289 Å². The predicted octanol–water partition coefficient (Wildman–Crippen LogP) is 22.5. The fraction of sp³-hybridized carbons (Fsp3) is 0.0750. The summed E-state index contributed by atoms with van der Waals surface area (Å²) in [6, 6.07) is 101. The molecule has 0 N–H and O–H groups in total. The predicted molar refractivity (Wildman–Crippen MR) is 351 cm³/mol. The van der Waals surface area contributed by atoms with Gasteiger partial charge in [-0.1, -0.05) is 222 Å². The van der Waals surface area contributed by atoms with E-state index in [0.29, 0.717) is 0 Å². The minimum atomic E-state index is -0.148. The number of anilines is 6. The van der Waals surface area contributed by atoms with E-state index in [-0.39, 0.29) is 10.8 Å². The lowest BCUT2D eigenvalue weighted by Crippen LogP contribution is -2.16. The Labute approximate surface area is 477 Å². The van der Waals surface area contributed by atoms with Crippen LogP contribution in [0.3, 0.4) is 0 Å². The Hall–Kier alpha value is -10.0. The van der Waals surface area contributed by atoms with Crippen molar-refractivity contribution < 1.29 is 0 Å². The van der Waals surface area contributed by atoms with Gasteiger partial charge in [0.05, 0.1) is 0 Å². The van der Waals surface area contributed by atoms with Crippen molar-refractivity contribution in [1.29, 1.82) is 0 Å². The van der Waals surface area contributed by atoms with Crippen LogP contribution in [0.2, 0.25) is 0 Å². The van der Waals surface area contributed by atoms with E-state index in [1.54, 1.807) is 0 Å². The average molecular weight is 1050 g/mol. The first-order valence-electron chi connectivity index (χ1n) is 28.9. The first-order valence-corrected chi connectivity index (χ1v) is 28.9. The first kappa shape index (κ1) is 46.9. The molecule has 0 saturated heterocycles. The molecule has 0 unspecified atom stereocenters. The van der Waals surface area contributed by atoms with Gasteiger partial charge in [-0.25, -0.2) is 0 Å². The van der Waals surface area contributed by atoms with Crippen LogP contribution in [0.4, 0.5) is 34.1 Å². The molecule has 17 rings (SSSR count). The zero-order valence-electron chi connectivity index (χ0n) is 46.3. The van der Waals surface area contributed by atoms with Crippen molar-refractivity contribution in [1.82, 2.24) is 0 Å². The summed E-state index contributed by atoms with van der Waals surface area (Å²) < 4.78 is 0. The minimum absolute atomic E-state index is 0.143. The SMILES string of the molecule is CC1(C)c2ccccc2-c2ccc(N(c3ccc4c(ccc5c6ccc(N(c7ccc8c(c7)C(C)(C)c7ccccc7-8)c7ccc8ccc9ccccc9c8c7)cc6c6ccccc6c45)c3)c3ccc4ccc5ccccc5c4c3)cc21. The Bertz CT molecular complexity index is 5230. The van der Waals surface area contributed by atoms with Crippen molar-refractivity contribution in [3.63, 3.8) is 0 Å². The Kier molecular flexibility index (Phi) is 9.85. The molecular formula is C80H56N2. The highest BCUT2D eigenvalue weighted by Gasteiger charge is 2.37. The van der Waals surface area contributed by atoms with Crippen LogP contribution in [-0.4, -0.2) is 0 Å². The molecule has 0 atom stereocenters. The number of hydrogen-bond acceptors (Lipinski definition) is 2. The average Bonchev–Trinajstić information content (AvgIpc) is 3.46. The highest BCUT2D eigenvalue weighted by Crippen LogP contribution is 2.54. The molecule has 0 spiro atoms. The molecule has 0 saturated carbocycles. The third-order valence-electron chi connectivity index (χ3n) is 18.9. The zero-order chi connectivity index (χ0) is 54.6. The van der Waals surface area contributed by atoms with Crippen LogP contribution >= 0.6 is 0 Å². The van der Waals surface area contributed by atoms with Crippen molar-refractivity contribution in [2.75, 3.05) is 9.80 Å². The minimum Gasteiger partial charge on any atom is -0.310 e. The largest absolute Gasteiger partial charge is 0.310 e. The van der Waals surface area contributed by atoms with Gasteiger partial charge in [-0.2, -0.15) is 0 Å². The lowest BCUT2D eigenvalue weighted by Gasteiger charge is -2.29. The number of hydrogen-bond donors (Lipinski definition) is 0. The summed E-state index contributed by atoms with van der Waals surface area (Å²) in [6.45, 7) is 9.50. The number of nitrogens with zero attached hydrogens (tertiary/aromatic N) is 2. The third-order valence-corrected chi connectivity index (χ3v) is 18.9. The molecule has 386 valence electrons. The molecule has 0 aliphatic heterocycles. The highest BCUT2D eigenvalue weighted by atomic mass is 15.1. The Morgan fingerprint density at radius 3 is 1.09 bits per heavy atom. The fourth-order valence-corrected chi connectivity index (χ4v) is 14.9. The first-order chi connectivity index (χ1) is 40.2. The summed E-state index contributed by atoms with van der Waals surface area (Å²) in [7, 11) is 0. The van der Waals surface area contributed by atoms with E-state index in [1.165, 1.54) is 131 Å². The van der Waals surface area contributed by atoms with Gasteiger partial charge in [0.2, 0.25) is 0 Å². The van der Waals surface area contributed by atoms with Gasteiger partial charge in [-0.15, -0.1) is 0 Å². The second kappa shape index (κ2) is 17.2. The standard InChI is InChI=1S/C80H56N2/c1-79(2)74-23-13-11-20-65(74)67-41-36-58(47-76(67)79)81(55-32-29-51-27-25-49-15-5-7-17-60(49)71(51)44-55)54-34-39-62-53(43-54)31-38-70-64-40-35-57(46-73(64)63-19-9-10-22-69(63)78(62)70)82(56-33-30-52-28-26-50-16-6-8-18-61(50)72(52)45-56)59-37-42-68-66-21-12-14-24-75(66)80(3,4)77(68)48-59/h5-48H,1-4H3. The molecule has 2 aliphatic carbocycles. The molecule has 82 heavy (non-hydrogen) atoms. The molecule has 2 heteroatoms. The zero-order valence-corrected chi connectivity index (χ0v) is 46.3. The van der Waals surface area contributed by atoms with Gasteiger partial charge in [-0.3, -0.25) is 0 Å². The molecule has 15 aromatic rings. The van der Waals surface area contributed by atoms with Crippen molar-refractivity contribution in [2.24, 2.45) is 0 Å². The van der Waals surface area contributed by atoms with Crippen molar-refractivity contribution in [3.8, 4) is 22.3 Å². The van der Waals surface area contributed by atoms with Crippen LogP contribution in [0, 0.1) is 0 Å². The van der Waals surface area contributed by atoms with E-state index >= 15 is 0 Å². The van der Waals surface area contributed by atoms with Crippen molar-refractivity contribution in [2.45, 2.75) is 38.5 Å². The Balaban J connectivity index is 0.847. The third kappa shape index (κ3) is 6.76. The molecule has 15 aromatic carbocycles. The van der Waals surface area contributed by atoms with E-state index in [1.807, 2.05) is 0 Å². The topological polar surface area (TPSA) is 6.48 Å². The summed E-state index contributed by atoms with van der Waals surface area (Å²) in [5.41, 5.74) is 17.3. The van der Waals surface area contributed by atoms with Gasteiger partial charge >= 0.3 is 0 Å². The molecule has 0 aromatic heterocycles. The molecule has 0 radical (unpaired) electrons. The maximum absolute atomic E-state index is 2.49. The van der Waals surface area contributed by atoms with Crippen LogP contribution in [0.15, 0.2) is 267 Å². The second-order valence-electron chi connectivity index (χ2n) is 24.0. The summed E-state index contributed by atoms with van der Waals surface area (Å²) in [4.78, 5) is 4.97. The second-order valence-corrected chi connectivity index (χ2v) is 24.0. The van der Waals surface area contributed by atoms with Gasteiger partial charge in [0.25, 0.3) is 0 Å². The van der Waals surface area contributed by atoms with E-state index in [4.69, 9.17) is 0 Å². The maximum Gasteiger partial charge on any atom is 0.0468 e. The van der Waals surface area contributed by atoms with E-state index in [2.05, 4.69) is 304 Å². The summed E-state index contributed by atoms with van der Waals surface area (Å²) in [5.74, 6) is 0. The quantitative estimate of drug-likeness (QED) is 0.153. The lowest BCUT2D eigenvalue weighted by atomic mass is 9.82. The molecule has 0 bridgehead atoms. The van der Waals surface area contributed by atoms with E-state index in [9.17, 15) is 0 Å². The van der Waals surface area contributed by atoms with Gasteiger partial charge < -0.3 is 9.80 Å². The molecule has 0 heterocycles. The normalized spacial score (nSPS) is 13.8. The van der Waals surface area contributed by atoms with Crippen LogP contribution in [0.5, 0.6) is 0 Å². The summed E-state index contributed by atoms with van der Waals surface area (Å²) in [5, 5.41) is 19.9. The van der Waals surface area contributed by atoms with Gasteiger partial charge in [-0.05, 0) is 203 Å². The molecular weight excluding hydrogens is 989 g/mol.